The maximum absolute atomic E-state index is 13.8. The zero-order valence-electron chi connectivity index (χ0n) is 18.0. The molecule has 0 fully saturated rings. The molecule has 0 aliphatic carbocycles. The zero-order valence-corrected chi connectivity index (χ0v) is 18.9. The van der Waals surface area contributed by atoms with Crippen LogP contribution in [0.1, 0.15) is 34.7 Å². The third-order valence-electron chi connectivity index (χ3n) is 4.76. The molecule has 172 valence electrons. The Kier molecular flexibility index (Phi) is 7.38. The average Bonchev–Trinajstić information content (AvgIpc) is 3.14. The molecule has 1 aromatic heterocycles. The van der Waals surface area contributed by atoms with Crippen molar-refractivity contribution in [3.63, 3.8) is 0 Å². The maximum atomic E-state index is 13.8. The van der Waals surface area contributed by atoms with Crippen LogP contribution in [0.15, 0.2) is 47.6 Å². The molecular formula is C21H21FN6O4S. The van der Waals surface area contributed by atoms with Crippen LogP contribution in [0, 0.1) is 22.9 Å². The van der Waals surface area contributed by atoms with Crippen molar-refractivity contribution < 1.29 is 18.9 Å². The van der Waals surface area contributed by atoms with Gasteiger partial charge in [-0.3, -0.25) is 19.7 Å². The highest BCUT2D eigenvalue weighted by molar-refractivity contribution is 7.99. The van der Waals surface area contributed by atoms with Crippen LogP contribution < -0.4 is 10.6 Å². The van der Waals surface area contributed by atoms with E-state index in [4.69, 9.17) is 0 Å². The highest BCUT2D eigenvalue weighted by Gasteiger charge is 2.20. The van der Waals surface area contributed by atoms with E-state index in [1.165, 1.54) is 30.3 Å². The number of nitro benzene ring substituents is 1. The summed E-state index contributed by atoms with van der Waals surface area (Å²) in [7, 11) is 1.69. The summed E-state index contributed by atoms with van der Waals surface area (Å²) in [6, 6.07) is 9.33. The van der Waals surface area contributed by atoms with E-state index in [0.29, 0.717) is 22.2 Å². The molecule has 0 aliphatic rings. The molecule has 0 saturated carbocycles. The summed E-state index contributed by atoms with van der Waals surface area (Å²) in [6.07, 6.45) is 0. The number of halogens is 1. The van der Waals surface area contributed by atoms with E-state index in [2.05, 4.69) is 20.8 Å². The Morgan fingerprint density at radius 1 is 1.24 bits per heavy atom. The van der Waals surface area contributed by atoms with Crippen molar-refractivity contribution in [2.75, 3.05) is 11.1 Å². The third-order valence-corrected chi connectivity index (χ3v) is 5.78. The number of nitrogens with zero attached hydrogens (tertiary/aromatic N) is 4. The van der Waals surface area contributed by atoms with Crippen LogP contribution in [0.5, 0.6) is 0 Å². The number of carbonyl (C=O) groups is 2. The molecule has 0 saturated heterocycles. The summed E-state index contributed by atoms with van der Waals surface area (Å²) in [5, 5.41) is 24.8. The minimum absolute atomic E-state index is 0.00985. The van der Waals surface area contributed by atoms with E-state index in [1.807, 2.05) is 0 Å². The highest BCUT2D eigenvalue weighted by atomic mass is 32.2. The molecular weight excluding hydrogens is 451 g/mol. The van der Waals surface area contributed by atoms with Gasteiger partial charge in [0.25, 0.3) is 11.6 Å². The van der Waals surface area contributed by atoms with Crippen molar-refractivity contribution in [3.8, 4) is 0 Å². The number of hydrogen-bond donors (Lipinski definition) is 2. The number of amides is 2. The quantitative estimate of drug-likeness (QED) is 0.292. The lowest BCUT2D eigenvalue weighted by molar-refractivity contribution is -0.384. The lowest BCUT2D eigenvalue weighted by Crippen LogP contribution is -2.29. The Morgan fingerprint density at radius 3 is 2.67 bits per heavy atom. The molecule has 0 radical (unpaired) electrons. The topological polar surface area (TPSA) is 132 Å². The summed E-state index contributed by atoms with van der Waals surface area (Å²) < 4.78 is 15.5. The van der Waals surface area contributed by atoms with Gasteiger partial charge in [-0.15, -0.1) is 10.2 Å². The second-order valence-electron chi connectivity index (χ2n) is 7.17. The van der Waals surface area contributed by atoms with Crippen LogP contribution >= 0.6 is 11.8 Å². The number of rotatable bonds is 8. The van der Waals surface area contributed by atoms with Gasteiger partial charge in [0.05, 0.1) is 28.0 Å². The Morgan fingerprint density at radius 2 is 1.97 bits per heavy atom. The molecule has 2 aromatic carbocycles. The monoisotopic (exact) mass is 472 g/mol. The van der Waals surface area contributed by atoms with Gasteiger partial charge >= 0.3 is 0 Å². The van der Waals surface area contributed by atoms with E-state index in [-0.39, 0.29) is 22.9 Å². The number of hydrogen-bond acceptors (Lipinski definition) is 7. The normalized spacial score (nSPS) is 11.6. The molecule has 0 bridgehead atoms. The summed E-state index contributed by atoms with van der Waals surface area (Å²) >= 11 is 1.12. The molecule has 12 heteroatoms. The van der Waals surface area contributed by atoms with E-state index in [1.54, 1.807) is 37.6 Å². The number of thioether (sulfide) groups is 1. The number of non-ortho nitro benzene ring substituents is 1. The van der Waals surface area contributed by atoms with Crippen LogP contribution in [0.3, 0.4) is 0 Å². The van der Waals surface area contributed by atoms with Gasteiger partial charge < -0.3 is 15.2 Å². The fourth-order valence-corrected chi connectivity index (χ4v) is 3.71. The van der Waals surface area contributed by atoms with Gasteiger partial charge in [0, 0.05) is 19.2 Å². The molecule has 10 nitrogen and oxygen atoms in total. The minimum atomic E-state index is -0.624. The van der Waals surface area contributed by atoms with Gasteiger partial charge in [-0.1, -0.05) is 30.0 Å². The predicted molar refractivity (Wildman–Crippen MR) is 120 cm³/mol. The molecule has 3 rings (SSSR count). The van der Waals surface area contributed by atoms with Crippen molar-refractivity contribution in [3.05, 3.63) is 75.3 Å². The van der Waals surface area contributed by atoms with Crippen molar-refractivity contribution in [2.45, 2.75) is 25.0 Å². The molecule has 3 aromatic rings. The second-order valence-corrected chi connectivity index (χ2v) is 8.11. The van der Waals surface area contributed by atoms with Gasteiger partial charge in [0.15, 0.2) is 11.0 Å². The van der Waals surface area contributed by atoms with Gasteiger partial charge in [0.1, 0.15) is 5.82 Å². The Balaban J connectivity index is 1.61. The molecule has 1 unspecified atom stereocenters. The fraction of sp³-hybridized carbons (Fsp3) is 0.238. The van der Waals surface area contributed by atoms with E-state index < -0.39 is 22.7 Å². The molecule has 0 spiro atoms. The first kappa shape index (κ1) is 23.9. The molecule has 2 N–H and O–H groups in total. The minimum Gasteiger partial charge on any atom is -0.342 e. The first-order valence-electron chi connectivity index (χ1n) is 9.79. The van der Waals surface area contributed by atoms with Crippen molar-refractivity contribution in [1.29, 1.82) is 0 Å². The average molecular weight is 473 g/mol. The van der Waals surface area contributed by atoms with E-state index in [9.17, 15) is 24.1 Å². The van der Waals surface area contributed by atoms with E-state index >= 15 is 0 Å². The summed E-state index contributed by atoms with van der Waals surface area (Å²) in [6.45, 7) is 3.42. The predicted octanol–water partition coefficient (Wildman–Crippen LogP) is 3.39. The molecule has 1 heterocycles. The van der Waals surface area contributed by atoms with Crippen LogP contribution in [0.2, 0.25) is 0 Å². The van der Waals surface area contributed by atoms with E-state index in [0.717, 1.165) is 11.8 Å². The van der Waals surface area contributed by atoms with Crippen LogP contribution in [0.4, 0.5) is 15.8 Å². The summed E-state index contributed by atoms with van der Waals surface area (Å²) in [5.41, 5.74) is 0.861. The zero-order chi connectivity index (χ0) is 24.1. The Hall–Kier alpha value is -3.80. The van der Waals surface area contributed by atoms with Crippen molar-refractivity contribution >= 4 is 35.0 Å². The highest BCUT2D eigenvalue weighted by Crippen LogP contribution is 2.23. The van der Waals surface area contributed by atoms with Gasteiger partial charge in [-0.05, 0) is 31.5 Å². The molecule has 2 amide bonds. The largest absolute Gasteiger partial charge is 0.342 e. The smallest absolute Gasteiger partial charge is 0.271 e. The lowest BCUT2D eigenvalue weighted by atomic mass is 10.2. The van der Waals surface area contributed by atoms with Crippen molar-refractivity contribution in [2.24, 2.45) is 7.05 Å². The number of anilines is 1. The number of benzene rings is 2. The SMILES string of the molecule is Cc1ccc([N+](=O)[O-])cc1NC(=O)CSc1nnc(C(C)NC(=O)c2ccccc2F)n1C. The number of aromatic nitrogens is 3. The first-order chi connectivity index (χ1) is 15.7. The first-order valence-corrected chi connectivity index (χ1v) is 10.8. The van der Waals surface area contributed by atoms with Crippen molar-refractivity contribution in [1.82, 2.24) is 20.1 Å². The Bertz CT molecular complexity index is 1220. The number of aryl methyl sites for hydroxylation is 1. The second kappa shape index (κ2) is 10.2. The molecule has 1 atom stereocenters. The molecule has 33 heavy (non-hydrogen) atoms. The summed E-state index contributed by atoms with van der Waals surface area (Å²) in [4.78, 5) is 35.1. The van der Waals surface area contributed by atoms with Gasteiger partial charge in [-0.25, -0.2) is 4.39 Å². The lowest BCUT2D eigenvalue weighted by Gasteiger charge is -2.14. The number of nitro groups is 1. The van der Waals surface area contributed by atoms with Gasteiger partial charge in [-0.2, -0.15) is 0 Å². The number of nitrogens with one attached hydrogen (secondary N) is 2. The number of carbonyl (C=O) groups excluding carboxylic acids is 2. The van der Waals surface area contributed by atoms with Crippen LogP contribution in [0.25, 0.3) is 0 Å². The maximum Gasteiger partial charge on any atom is 0.271 e. The van der Waals surface area contributed by atoms with Crippen LogP contribution in [-0.4, -0.2) is 37.3 Å². The fourth-order valence-electron chi connectivity index (χ4n) is 2.99. The third kappa shape index (κ3) is 5.71. The molecule has 0 aliphatic heterocycles. The summed E-state index contributed by atoms with van der Waals surface area (Å²) in [5.74, 6) is -1.15. The standard InChI is InChI=1S/C21H21FN6O4S/c1-12-8-9-14(28(31)32)10-17(12)24-18(29)11-33-21-26-25-19(27(21)3)13(2)23-20(30)15-6-4-5-7-16(15)22/h4-10,13H,11H2,1-3H3,(H,23,30)(H,24,29). The van der Waals surface area contributed by atoms with Gasteiger partial charge in [0.2, 0.25) is 5.91 Å². The van der Waals surface area contributed by atoms with Crippen LogP contribution in [-0.2, 0) is 11.8 Å². The Labute approximate surface area is 192 Å².